The number of alkyl halides is 2. The van der Waals surface area contributed by atoms with E-state index in [2.05, 4.69) is 5.32 Å². The van der Waals surface area contributed by atoms with Crippen LogP contribution in [0.1, 0.15) is 58.1 Å². The zero-order valence-electron chi connectivity index (χ0n) is 12.0. The summed E-state index contributed by atoms with van der Waals surface area (Å²) in [5, 5.41) is 2.90. The monoisotopic (exact) mass is 314 g/mol. The molecule has 3 rings (SSSR count). The van der Waals surface area contributed by atoms with Crippen molar-refractivity contribution in [1.82, 2.24) is 5.32 Å². The molecule has 1 aromatic heterocycles. The number of thiophene rings is 1. The fourth-order valence-electron chi connectivity index (χ4n) is 2.90. The van der Waals surface area contributed by atoms with Gasteiger partial charge in [-0.2, -0.15) is 0 Å². The van der Waals surface area contributed by atoms with E-state index in [1.807, 2.05) is 13.0 Å². The smallest absolute Gasteiger partial charge is 0.252 e. The lowest BCUT2D eigenvalue weighted by atomic mass is 9.92. The van der Waals surface area contributed by atoms with Crippen LogP contribution in [0.2, 0.25) is 0 Å². The molecule has 0 aromatic carbocycles. The molecular formula is C15H20F2N2OS. The number of halogens is 2. The molecule has 0 saturated heterocycles. The molecule has 0 spiro atoms. The SMILES string of the molecule is Cc1sc([C@@H]2C[C@H]2N)cc1C(=O)NC1CCC(F)(F)CC1. The first-order chi connectivity index (χ1) is 9.85. The molecule has 0 aliphatic heterocycles. The van der Waals surface area contributed by atoms with Gasteiger partial charge in [0.2, 0.25) is 5.92 Å². The van der Waals surface area contributed by atoms with Gasteiger partial charge < -0.3 is 11.1 Å². The van der Waals surface area contributed by atoms with Crippen molar-refractivity contribution >= 4 is 17.2 Å². The van der Waals surface area contributed by atoms with Crippen molar-refractivity contribution < 1.29 is 13.6 Å². The second-order valence-electron chi connectivity index (χ2n) is 6.23. The van der Waals surface area contributed by atoms with Crippen LogP contribution in [0.25, 0.3) is 0 Å². The molecule has 2 aliphatic rings. The third kappa shape index (κ3) is 3.26. The molecule has 3 nitrogen and oxygen atoms in total. The molecule has 2 atom stereocenters. The maximum Gasteiger partial charge on any atom is 0.252 e. The number of aryl methyl sites for hydroxylation is 1. The minimum absolute atomic E-state index is 0.136. The molecule has 0 unspecified atom stereocenters. The lowest BCUT2D eigenvalue weighted by molar-refractivity contribution is -0.0399. The first-order valence-corrected chi connectivity index (χ1v) is 8.22. The zero-order chi connectivity index (χ0) is 15.2. The number of nitrogens with two attached hydrogens (primary N) is 1. The summed E-state index contributed by atoms with van der Waals surface area (Å²) in [4.78, 5) is 14.5. The normalized spacial score (nSPS) is 28.4. The van der Waals surface area contributed by atoms with E-state index in [4.69, 9.17) is 5.73 Å². The van der Waals surface area contributed by atoms with E-state index in [-0.39, 0.29) is 30.8 Å². The van der Waals surface area contributed by atoms with Crippen LogP contribution in [0.15, 0.2) is 6.07 Å². The molecule has 1 heterocycles. The van der Waals surface area contributed by atoms with Gasteiger partial charge in [0.15, 0.2) is 0 Å². The van der Waals surface area contributed by atoms with Crippen LogP contribution in [-0.4, -0.2) is 23.9 Å². The summed E-state index contributed by atoms with van der Waals surface area (Å²) in [6, 6.07) is 2.01. The Hall–Kier alpha value is -1.01. The summed E-state index contributed by atoms with van der Waals surface area (Å²) in [7, 11) is 0. The lowest BCUT2D eigenvalue weighted by Crippen LogP contribution is -2.40. The predicted octanol–water partition coefficient (Wildman–Crippen LogP) is 3.18. The Balaban J connectivity index is 1.62. The third-order valence-corrected chi connectivity index (χ3v) is 5.62. The van der Waals surface area contributed by atoms with Gasteiger partial charge in [-0.15, -0.1) is 11.3 Å². The molecule has 6 heteroatoms. The summed E-state index contributed by atoms with van der Waals surface area (Å²) in [6.45, 7) is 1.92. The van der Waals surface area contributed by atoms with Gasteiger partial charge in [0, 0.05) is 40.6 Å². The number of hydrogen-bond donors (Lipinski definition) is 2. The Bertz CT molecular complexity index is 548. The van der Waals surface area contributed by atoms with Gasteiger partial charge in [-0.1, -0.05) is 0 Å². The van der Waals surface area contributed by atoms with Crippen LogP contribution in [0, 0.1) is 6.92 Å². The molecule has 0 bridgehead atoms. The van der Waals surface area contributed by atoms with Crippen molar-refractivity contribution in [2.45, 2.75) is 63.0 Å². The zero-order valence-corrected chi connectivity index (χ0v) is 12.8. The van der Waals surface area contributed by atoms with Crippen LogP contribution < -0.4 is 11.1 Å². The second kappa shape index (κ2) is 5.32. The molecule has 3 N–H and O–H groups in total. The Morgan fingerprint density at radius 3 is 2.62 bits per heavy atom. The largest absolute Gasteiger partial charge is 0.349 e. The van der Waals surface area contributed by atoms with E-state index in [0.717, 1.165) is 11.3 Å². The van der Waals surface area contributed by atoms with E-state index < -0.39 is 5.92 Å². The van der Waals surface area contributed by atoms with Crippen LogP contribution in [0.3, 0.4) is 0 Å². The van der Waals surface area contributed by atoms with E-state index >= 15 is 0 Å². The van der Waals surface area contributed by atoms with E-state index in [0.29, 0.717) is 24.3 Å². The minimum atomic E-state index is -2.56. The van der Waals surface area contributed by atoms with Crippen LogP contribution >= 0.6 is 11.3 Å². The number of carbonyl (C=O) groups excluding carboxylic acids is 1. The van der Waals surface area contributed by atoms with E-state index in [1.54, 1.807) is 11.3 Å². The number of hydrogen-bond acceptors (Lipinski definition) is 3. The Morgan fingerprint density at radius 2 is 2.05 bits per heavy atom. The first kappa shape index (κ1) is 14.9. The number of amides is 1. The Labute approximate surface area is 126 Å². The molecule has 2 aliphatic carbocycles. The molecule has 0 radical (unpaired) electrons. The van der Waals surface area contributed by atoms with Gasteiger partial charge >= 0.3 is 0 Å². The lowest BCUT2D eigenvalue weighted by Gasteiger charge is -2.28. The molecule has 1 amide bonds. The van der Waals surface area contributed by atoms with Crippen molar-refractivity contribution in [3.63, 3.8) is 0 Å². The standard InChI is InChI=1S/C15H20F2N2OS/c1-8-10(7-13(21-8)11-6-12(11)18)14(20)19-9-2-4-15(16,17)5-3-9/h7,9,11-12H,2-6,18H2,1H3,(H,19,20)/t11-,12-/m1/s1. The molecule has 2 fully saturated rings. The van der Waals surface area contributed by atoms with Gasteiger partial charge in [0.25, 0.3) is 5.91 Å². The number of rotatable bonds is 3. The summed E-state index contributed by atoms with van der Waals surface area (Å²) < 4.78 is 26.2. The van der Waals surface area contributed by atoms with Gasteiger partial charge in [-0.05, 0) is 32.3 Å². The van der Waals surface area contributed by atoms with Gasteiger partial charge in [-0.3, -0.25) is 4.79 Å². The fraction of sp³-hybridized carbons (Fsp3) is 0.667. The fourth-order valence-corrected chi connectivity index (χ4v) is 4.12. The maximum atomic E-state index is 13.1. The van der Waals surface area contributed by atoms with E-state index in [1.165, 1.54) is 4.88 Å². The highest BCUT2D eigenvalue weighted by molar-refractivity contribution is 7.12. The van der Waals surface area contributed by atoms with Gasteiger partial charge in [0.05, 0.1) is 5.56 Å². The van der Waals surface area contributed by atoms with Crippen molar-refractivity contribution in [3.8, 4) is 0 Å². The van der Waals surface area contributed by atoms with Crippen LogP contribution in [0.5, 0.6) is 0 Å². The minimum Gasteiger partial charge on any atom is -0.349 e. The molecule has 21 heavy (non-hydrogen) atoms. The molecule has 116 valence electrons. The van der Waals surface area contributed by atoms with Crippen molar-refractivity contribution in [3.05, 3.63) is 21.4 Å². The summed E-state index contributed by atoms with van der Waals surface area (Å²) >= 11 is 1.62. The highest BCUT2D eigenvalue weighted by Crippen LogP contribution is 2.43. The van der Waals surface area contributed by atoms with E-state index in [9.17, 15) is 13.6 Å². The average molecular weight is 314 g/mol. The summed E-state index contributed by atoms with van der Waals surface area (Å²) in [5.74, 6) is -2.31. The second-order valence-corrected chi connectivity index (χ2v) is 7.52. The third-order valence-electron chi connectivity index (χ3n) is 4.44. The summed E-state index contributed by atoms with van der Waals surface area (Å²) in [5.41, 5.74) is 6.52. The highest BCUT2D eigenvalue weighted by Gasteiger charge is 2.38. The van der Waals surface area contributed by atoms with Gasteiger partial charge in [0.1, 0.15) is 0 Å². The number of carbonyl (C=O) groups is 1. The van der Waals surface area contributed by atoms with Crippen molar-refractivity contribution in [2.24, 2.45) is 5.73 Å². The van der Waals surface area contributed by atoms with Crippen LogP contribution in [0.4, 0.5) is 8.78 Å². The molecule has 2 saturated carbocycles. The highest BCUT2D eigenvalue weighted by atomic mass is 32.1. The first-order valence-electron chi connectivity index (χ1n) is 7.40. The Kier molecular flexibility index (Phi) is 3.78. The van der Waals surface area contributed by atoms with Crippen LogP contribution in [-0.2, 0) is 0 Å². The topological polar surface area (TPSA) is 55.1 Å². The maximum absolute atomic E-state index is 13.1. The Morgan fingerprint density at radius 1 is 1.43 bits per heavy atom. The average Bonchev–Trinajstić information content (AvgIpc) is 3.00. The molecular weight excluding hydrogens is 294 g/mol. The predicted molar refractivity (Wildman–Crippen MR) is 79.1 cm³/mol. The van der Waals surface area contributed by atoms with Crippen molar-refractivity contribution in [1.29, 1.82) is 0 Å². The summed E-state index contributed by atoms with van der Waals surface area (Å²) in [6.07, 6.45) is 1.41. The quantitative estimate of drug-likeness (QED) is 0.900. The van der Waals surface area contributed by atoms with Crippen molar-refractivity contribution in [2.75, 3.05) is 0 Å². The number of nitrogens with one attached hydrogen (secondary N) is 1. The molecule has 1 aromatic rings. The van der Waals surface area contributed by atoms with Gasteiger partial charge in [-0.25, -0.2) is 8.78 Å².